The molecule has 0 heterocycles. The van der Waals surface area contributed by atoms with Gasteiger partial charge in [0.1, 0.15) is 0 Å². The number of fused-ring (bicyclic) bond motifs is 1. The molecule has 0 aromatic carbocycles. The Labute approximate surface area is 89.4 Å². The number of carboxylic acid groups (broad SMARTS) is 2. The van der Waals surface area contributed by atoms with Gasteiger partial charge in [0, 0.05) is 9.52 Å². The van der Waals surface area contributed by atoms with Gasteiger partial charge in [-0.25, -0.2) is 9.59 Å². The Morgan fingerprint density at radius 3 is 1.40 bits per heavy atom. The predicted octanol–water partition coefficient (Wildman–Crippen LogP) is 1.85. The van der Waals surface area contributed by atoms with E-state index in [0.29, 0.717) is 11.1 Å². The minimum atomic E-state index is -1.17. The summed E-state index contributed by atoms with van der Waals surface area (Å²) in [6.45, 7) is 4.31. The summed E-state index contributed by atoms with van der Waals surface area (Å²) in [5.74, 6) is -2.34. The van der Waals surface area contributed by atoms with Crippen LogP contribution in [0.4, 0.5) is 0 Å². The lowest BCUT2D eigenvalue weighted by Gasteiger charge is -2.22. The number of rotatable bonds is 2. The SMILES string of the molecule is C[Si]C.O=C(O)c1c2ccc-2c1C(=O)O. The second-order valence-corrected chi connectivity index (χ2v) is 4.02. The first-order chi connectivity index (χ1) is 7.04. The molecule has 0 amide bonds. The maximum atomic E-state index is 10.5. The maximum absolute atomic E-state index is 10.5. The van der Waals surface area contributed by atoms with E-state index in [0.717, 1.165) is 9.52 Å². The highest BCUT2D eigenvalue weighted by Crippen LogP contribution is 2.42. The second-order valence-electron chi connectivity index (χ2n) is 3.02. The van der Waals surface area contributed by atoms with Gasteiger partial charge < -0.3 is 10.2 Å². The molecule has 4 nitrogen and oxygen atoms in total. The summed E-state index contributed by atoms with van der Waals surface area (Å²) in [5.41, 5.74) is 0.972. The first-order valence-corrected chi connectivity index (χ1v) is 6.27. The lowest BCUT2D eigenvalue weighted by Crippen LogP contribution is -2.19. The van der Waals surface area contributed by atoms with Crippen LogP contribution in [-0.4, -0.2) is 31.7 Å². The standard InChI is InChI=1S/C8H4O4.C2H6Si/c9-7(10)5-3-1-2-4(3)6(5)8(11)12;1-3-2/h1-2H,(H,9,10)(H,11,12);1-2H3. The van der Waals surface area contributed by atoms with Crippen LogP contribution in [0.5, 0.6) is 0 Å². The van der Waals surface area contributed by atoms with Crippen molar-refractivity contribution in [1.29, 1.82) is 0 Å². The van der Waals surface area contributed by atoms with Crippen molar-refractivity contribution in [3.05, 3.63) is 23.3 Å². The van der Waals surface area contributed by atoms with Crippen molar-refractivity contribution in [3.63, 3.8) is 0 Å². The Morgan fingerprint density at radius 1 is 1.00 bits per heavy atom. The normalized spacial score (nSPS) is 10.0. The molecule has 78 valence electrons. The van der Waals surface area contributed by atoms with E-state index in [2.05, 4.69) is 13.1 Å². The second kappa shape index (κ2) is 4.27. The molecular formula is C10H10O4Si. The number of hydrogen-bond donors (Lipinski definition) is 2. The zero-order valence-electron chi connectivity index (χ0n) is 8.37. The molecule has 0 aromatic rings. The van der Waals surface area contributed by atoms with Crippen LogP contribution >= 0.6 is 0 Å². The van der Waals surface area contributed by atoms with Crippen LogP contribution < -0.4 is 0 Å². The van der Waals surface area contributed by atoms with Gasteiger partial charge in [0.25, 0.3) is 0 Å². The van der Waals surface area contributed by atoms with Gasteiger partial charge in [0.15, 0.2) is 0 Å². The lowest BCUT2D eigenvalue weighted by atomic mass is 9.79. The number of benzene rings is 1. The Morgan fingerprint density at radius 2 is 1.27 bits per heavy atom. The quantitative estimate of drug-likeness (QED) is 0.760. The molecule has 2 aliphatic carbocycles. The molecule has 0 aliphatic heterocycles. The minimum Gasteiger partial charge on any atom is -0.478 e. The summed E-state index contributed by atoms with van der Waals surface area (Å²) in [7, 11) is 1.08. The van der Waals surface area contributed by atoms with Crippen LogP contribution in [0.25, 0.3) is 11.1 Å². The third kappa shape index (κ3) is 1.78. The van der Waals surface area contributed by atoms with Crippen molar-refractivity contribution in [2.24, 2.45) is 0 Å². The summed E-state index contributed by atoms with van der Waals surface area (Å²) in [6.07, 6.45) is 0. The Kier molecular flexibility index (Phi) is 3.26. The Hall–Kier alpha value is -1.62. The van der Waals surface area contributed by atoms with Crippen molar-refractivity contribution in [2.75, 3.05) is 0 Å². The Balaban J connectivity index is 0.000000337. The van der Waals surface area contributed by atoms with E-state index in [-0.39, 0.29) is 11.1 Å². The largest absolute Gasteiger partial charge is 0.478 e. The van der Waals surface area contributed by atoms with E-state index >= 15 is 0 Å². The van der Waals surface area contributed by atoms with Crippen LogP contribution in [0.3, 0.4) is 0 Å². The summed E-state index contributed by atoms with van der Waals surface area (Å²) >= 11 is 0. The first kappa shape index (κ1) is 11.5. The van der Waals surface area contributed by atoms with E-state index in [4.69, 9.17) is 10.2 Å². The van der Waals surface area contributed by atoms with Gasteiger partial charge in [0.05, 0.1) is 11.1 Å². The van der Waals surface area contributed by atoms with Crippen molar-refractivity contribution < 1.29 is 19.8 Å². The van der Waals surface area contributed by atoms with E-state index in [1.165, 1.54) is 0 Å². The molecule has 2 aliphatic rings. The molecule has 5 heteroatoms. The van der Waals surface area contributed by atoms with Crippen LogP contribution in [0.1, 0.15) is 20.7 Å². The smallest absolute Gasteiger partial charge is 0.337 e. The zero-order valence-corrected chi connectivity index (χ0v) is 9.37. The maximum Gasteiger partial charge on any atom is 0.337 e. The average molecular weight is 222 g/mol. The highest BCUT2D eigenvalue weighted by Gasteiger charge is 2.33. The third-order valence-electron chi connectivity index (χ3n) is 1.92. The summed E-state index contributed by atoms with van der Waals surface area (Å²) in [5, 5.41) is 17.2. The van der Waals surface area contributed by atoms with Crippen LogP contribution in [0.15, 0.2) is 12.1 Å². The van der Waals surface area contributed by atoms with Crippen LogP contribution in [0.2, 0.25) is 13.1 Å². The molecule has 0 spiro atoms. The predicted molar refractivity (Wildman–Crippen MR) is 56.8 cm³/mol. The van der Waals surface area contributed by atoms with Crippen LogP contribution in [-0.2, 0) is 0 Å². The molecule has 2 rings (SSSR count). The van der Waals surface area contributed by atoms with Gasteiger partial charge in [0.2, 0.25) is 0 Å². The van der Waals surface area contributed by atoms with Crippen molar-refractivity contribution in [1.82, 2.24) is 0 Å². The highest BCUT2D eigenvalue weighted by molar-refractivity contribution is 6.31. The molecule has 0 saturated heterocycles. The van der Waals surface area contributed by atoms with Gasteiger partial charge in [-0.15, -0.1) is 0 Å². The van der Waals surface area contributed by atoms with Crippen LogP contribution in [0, 0.1) is 0 Å². The van der Waals surface area contributed by atoms with Crippen molar-refractivity contribution in [2.45, 2.75) is 13.1 Å². The molecule has 2 radical (unpaired) electrons. The zero-order chi connectivity index (χ0) is 11.6. The van der Waals surface area contributed by atoms with Gasteiger partial charge in [-0.1, -0.05) is 25.2 Å². The van der Waals surface area contributed by atoms with E-state index in [1.54, 1.807) is 12.1 Å². The van der Waals surface area contributed by atoms with Gasteiger partial charge >= 0.3 is 11.9 Å². The summed E-state index contributed by atoms with van der Waals surface area (Å²) in [6, 6.07) is 3.20. The minimum absolute atomic E-state index is 0.0694. The Bertz CT molecular complexity index is 387. The lowest BCUT2D eigenvalue weighted by molar-refractivity contribution is 0.0648. The average Bonchev–Trinajstić information content (AvgIpc) is 2.08. The number of hydrogen-bond acceptors (Lipinski definition) is 2. The van der Waals surface area contributed by atoms with E-state index in [1.807, 2.05) is 0 Å². The van der Waals surface area contributed by atoms with Gasteiger partial charge in [-0.3, -0.25) is 0 Å². The highest BCUT2D eigenvalue weighted by atomic mass is 28.2. The fourth-order valence-electron chi connectivity index (χ4n) is 1.34. The van der Waals surface area contributed by atoms with Gasteiger partial charge in [-0.2, -0.15) is 0 Å². The molecule has 0 unspecified atom stereocenters. The number of aromatic carboxylic acids is 2. The van der Waals surface area contributed by atoms with Crippen molar-refractivity contribution in [3.8, 4) is 11.1 Å². The first-order valence-electron chi connectivity index (χ1n) is 4.27. The molecular weight excluding hydrogens is 212 g/mol. The molecule has 0 aromatic heterocycles. The molecule has 0 fully saturated rings. The molecule has 0 bridgehead atoms. The summed E-state index contributed by atoms with van der Waals surface area (Å²) in [4.78, 5) is 21.0. The molecule has 0 atom stereocenters. The molecule has 15 heavy (non-hydrogen) atoms. The topological polar surface area (TPSA) is 74.6 Å². The van der Waals surface area contributed by atoms with Crippen molar-refractivity contribution >= 4 is 21.5 Å². The number of carboxylic acids is 2. The van der Waals surface area contributed by atoms with E-state index < -0.39 is 11.9 Å². The third-order valence-corrected chi connectivity index (χ3v) is 1.92. The number of carbonyl (C=O) groups is 2. The fraction of sp³-hybridized carbons (Fsp3) is 0.200. The van der Waals surface area contributed by atoms with Gasteiger partial charge in [-0.05, 0) is 11.1 Å². The monoisotopic (exact) mass is 222 g/mol. The van der Waals surface area contributed by atoms with E-state index in [9.17, 15) is 9.59 Å². The summed E-state index contributed by atoms with van der Waals surface area (Å²) < 4.78 is 0. The fourth-order valence-corrected chi connectivity index (χ4v) is 1.34. The molecule has 2 N–H and O–H groups in total. The molecule has 0 saturated carbocycles.